The van der Waals surface area contributed by atoms with Gasteiger partial charge in [0.1, 0.15) is 0 Å². The fraction of sp³-hybridized carbons (Fsp3) is 0.107. The standard InChI is InChI=1S/C56H43NS/c1-38-25-35-47(55-54(38)50-22-12-14-24-53(50)58-55)41-28-32-45(33-29-41)57(44-30-26-40(27-31-44)39-15-5-2-6-16-39)46-34-36-49-48-21-11-13-23-51(48)56(52(49)37-46,42-17-7-3-8-18-42)43-19-9-4-10-20-43/h2-24,26,28-30,32-38H,25,27,31H2,1H3/t38-/m1/s1. The zero-order valence-electron chi connectivity index (χ0n) is 32.6. The molecule has 0 aliphatic heterocycles. The largest absolute Gasteiger partial charge is 0.314 e. The Bertz CT molecular complexity index is 2870. The summed E-state index contributed by atoms with van der Waals surface area (Å²) >= 11 is 1.94. The third-order valence-corrected chi connectivity index (χ3v) is 14.0. The molecule has 2 heteroatoms. The number of benzene rings is 7. The number of hydrogen-bond donors (Lipinski definition) is 0. The summed E-state index contributed by atoms with van der Waals surface area (Å²) in [4.78, 5) is 3.95. The zero-order chi connectivity index (χ0) is 38.6. The third kappa shape index (κ3) is 5.51. The van der Waals surface area contributed by atoms with Crippen molar-refractivity contribution in [2.24, 2.45) is 0 Å². The lowest BCUT2D eigenvalue weighted by Gasteiger charge is -2.35. The molecule has 1 aromatic heterocycles. The molecular weight excluding hydrogens is 719 g/mol. The number of thiophene rings is 1. The van der Waals surface area contributed by atoms with Crippen molar-refractivity contribution in [1.82, 2.24) is 0 Å². The van der Waals surface area contributed by atoms with Gasteiger partial charge in [-0.05, 0) is 128 Å². The number of nitrogens with zero attached hydrogens (tertiary/aromatic N) is 1. The summed E-state index contributed by atoms with van der Waals surface area (Å²) in [6.45, 7) is 2.38. The number of hydrogen-bond acceptors (Lipinski definition) is 2. The average molecular weight is 762 g/mol. The molecule has 0 bridgehead atoms. The van der Waals surface area contributed by atoms with Gasteiger partial charge in [0.25, 0.3) is 0 Å². The van der Waals surface area contributed by atoms with Crippen LogP contribution in [0.25, 0.3) is 32.4 Å². The fourth-order valence-corrected chi connectivity index (χ4v) is 11.4. The molecule has 0 fully saturated rings. The molecule has 58 heavy (non-hydrogen) atoms. The maximum absolute atomic E-state index is 2.52. The highest BCUT2D eigenvalue weighted by atomic mass is 32.1. The highest BCUT2D eigenvalue weighted by Gasteiger charge is 2.46. The molecular formula is C56H43NS. The van der Waals surface area contributed by atoms with Gasteiger partial charge in [-0.25, -0.2) is 0 Å². The van der Waals surface area contributed by atoms with E-state index in [1.165, 1.54) is 93.3 Å². The first-order valence-electron chi connectivity index (χ1n) is 20.6. The third-order valence-electron chi connectivity index (χ3n) is 12.7. The summed E-state index contributed by atoms with van der Waals surface area (Å²) < 4.78 is 1.38. The van der Waals surface area contributed by atoms with E-state index >= 15 is 0 Å². The van der Waals surface area contributed by atoms with Crippen molar-refractivity contribution >= 4 is 43.9 Å². The Morgan fingerprint density at radius 3 is 1.91 bits per heavy atom. The van der Waals surface area contributed by atoms with E-state index in [1.807, 2.05) is 11.3 Å². The number of fused-ring (bicyclic) bond motifs is 6. The van der Waals surface area contributed by atoms with Crippen LogP contribution in [0.1, 0.15) is 75.9 Å². The van der Waals surface area contributed by atoms with Crippen LogP contribution in [-0.4, -0.2) is 0 Å². The van der Waals surface area contributed by atoms with E-state index in [1.54, 1.807) is 0 Å². The normalized spacial score (nSPS) is 16.4. The van der Waals surface area contributed by atoms with E-state index in [-0.39, 0.29) is 0 Å². The van der Waals surface area contributed by atoms with Crippen LogP contribution in [0.2, 0.25) is 0 Å². The van der Waals surface area contributed by atoms with Gasteiger partial charge in [-0.3, -0.25) is 0 Å². The van der Waals surface area contributed by atoms with Gasteiger partial charge in [0.05, 0.1) is 5.41 Å². The second-order valence-electron chi connectivity index (χ2n) is 16.0. The van der Waals surface area contributed by atoms with Crippen molar-refractivity contribution in [2.45, 2.75) is 37.5 Å². The molecule has 8 aromatic rings. The maximum atomic E-state index is 2.52. The van der Waals surface area contributed by atoms with Crippen LogP contribution in [0.15, 0.2) is 206 Å². The first kappa shape index (κ1) is 34.7. The van der Waals surface area contributed by atoms with Gasteiger partial charge in [0.2, 0.25) is 0 Å². The van der Waals surface area contributed by atoms with E-state index in [2.05, 4.69) is 212 Å². The molecule has 1 atom stereocenters. The summed E-state index contributed by atoms with van der Waals surface area (Å²) in [6.07, 6.45) is 10.2. The molecule has 0 saturated heterocycles. The van der Waals surface area contributed by atoms with Crippen molar-refractivity contribution in [2.75, 3.05) is 4.90 Å². The van der Waals surface area contributed by atoms with Gasteiger partial charge in [-0.1, -0.05) is 171 Å². The second kappa shape index (κ2) is 14.2. The van der Waals surface area contributed by atoms with E-state index in [4.69, 9.17) is 0 Å². The van der Waals surface area contributed by atoms with Crippen LogP contribution in [-0.2, 0) is 5.41 Å². The summed E-state index contributed by atoms with van der Waals surface area (Å²) in [5.74, 6) is 0.515. The molecule has 0 spiro atoms. The molecule has 0 unspecified atom stereocenters. The predicted octanol–water partition coefficient (Wildman–Crippen LogP) is 15.1. The van der Waals surface area contributed by atoms with E-state index < -0.39 is 5.41 Å². The topological polar surface area (TPSA) is 3.24 Å². The number of anilines is 2. The molecule has 3 aliphatic rings. The quantitative estimate of drug-likeness (QED) is 0.156. The van der Waals surface area contributed by atoms with Gasteiger partial charge >= 0.3 is 0 Å². The minimum absolute atomic E-state index is 0.464. The Hall–Kier alpha value is -6.48. The van der Waals surface area contributed by atoms with Crippen LogP contribution < -0.4 is 4.90 Å². The predicted molar refractivity (Wildman–Crippen MR) is 246 cm³/mol. The summed E-state index contributed by atoms with van der Waals surface area (Å²) in [5.41, 5.74) is 17.8. The average Bonchev–Trinajstić information content (AvgIpc) is 3.83. The lowest BCUT2D eigenvalue weighted by atomic mass is 9.67. The summed E-state index contributed by atoms with van der Waals surface area (Å²) in [7, 11) is 0. The van der Waals surface area contributed by atoms with Crippen LogP contribution in [0, 0.1) is 0 Å². The van der Waals surface area contributed by atoms with E-state index in [9.17, 15) is 0 Å². The summed E-state index contributed by atoms with van der Waals surface area (Å²) in [5, 5.41) is 1.41. The zero-order valence-corrected chi connectivity index (χ0v) is 33.4. The van der Waals surface area contributed by atoms with Crippen molar-refractivity contribution in [3.05, 3.63) is 250 Å². The van der Waals surface area contributed by atoms with E-state index in [0.717, 1.165) is 19.3 Å². The highest BCUT2D eigenvalue weighted by molar-refractivity contribution is 7.20. The van der Waals surface area contributed by atoms with Crippen LogP contribution in [0.5, 0.6) is 0 Å². The SMILES string of the molecule is C[C@@H]1CC=C(c2ccc(N(C3=CC=C(c4ccccc4)CC3)c3ccc4c(c3)C(c3ccccc3)(c3ccccc3)c3ccccc3-4)cc2)c2sc3ccccc3c21. The van der Waals surface area contributed by atoms with Crippen LogP contribution in [0.4, 0.5) is 11.4 Å². The first-order valence-corrected chi connectivity index (χ1v) is 21.4. The van der Waals surface area contributed by atoms with E-state index in [0.29, 0.717) is 5.92 Å². The van der Waals surface area contributed by atoms with Crippen LogP contribution in [0.3, 0.4) is 0 Å². The Kier molecular flexibility index (Phi) is 8.49. The molecule has 0 saturated carbocycles. The van der Waals surface area contributed by atoms with Gasteiger partial charge in [-0.2, -0.15) is 0 Å². The molecule has 0 amide bonds. The van der Waals surface area contributed by atoms with Crippen molar-refractivity contribution in [3.63, 3.8) is 0 Å². The Morgan fingerprint density at radius 2 is 1.19 bits per heavy atom. The molecule has 0 N–H and O–H groups in total. The maximum Gasteiger partial charge on any atom is 0.0714 e. The molecule has 7 aromatic carbocycles. The highest BCUT2D eigenvalue weighted by Crippen LogP contribution is 2.57. The summed E-state index contributed by atoms with van der Waals surface area (Å²) in [6, 6.07) is 67.7. The minimum Gasteiger partial charge on any atom is -0.314 e. The van der Waals surface area contributed by atoms with Crippen molar-refractivity contribution in [3.8, 4) is 11.1 Å². The van der Waals surface area contributed by atoms with Gasteiger partial charge in [-0.15, -0.1) is 11.3 Å². The molecule has 278 valence electrons. The fourth-order valence-electron chi connectivity index (χ4n) is 10.1. The Balaban J connectivity index is 1.08. The molecule has 1 heterocycles. The van der Waals surface area contributed by atoms with Crippen molar-refractivity contribution < 1.29 is 0 Å². The van der Waals surface area contributed by atoms with Crippen molar-refractivity contribution in [1.29, 1.82) is 0 Å². The lowest BCUT2D eigenvalue weighted by Crippen LogP contribution is -2.29. The first-order chi connectivity index (χ1) is 28.7. The molecule has 3 aliphatic carbocycles. The van der Waals surface area contributed by atoms with Gasteiger partial charge in [0.15, 0.2) is 0 Å². The molecule has 11 rings (SSSR count). The molecule has 0 radical (unpaired) electrons. The number of rotatable bonds is 7. The second-order valence-corrected chi connectivity index (χ2v) is 17.0. The van der Waals surface area contributed by atoms with Gasteiger partial charge in [0, 0.05) is 26.6 Å². The Morgan fingerprint density at radius 1 is 0.552 bits per heavy atom. The van der Waals surface area contributed by atoms with Crippen LogP contribution >= 0.6 is 11.3 Å². The monoisotopic (exact) mass is 761 g/mol. The molecule has 1 nitrogen and oxygen atoms in total. The minimum atomic E-state index is -0.464. The smallest absolute Gasteiger partial charge is 0.0714 e. The lowest BCUT2D eigenvalue weighted by molar-refractivity contribution is 0.768. The number of allylic oxidation sites excluding steroid dienone is 5. The Labute approximate surface area is 345 Å². The van der Waals surface area contributed by atoms with Gasteiger partial charge < -0.3 is 4.90 Å².